The minimum absolute atomic E-state index is 0.0348. The Kier molecular flexibility index (Phi) is 6.24. The van der Waals surface area contributed by atoms with E-state index in [-0.39, 0.29) is 11.9 Å². The van der Waals surface area contributed by atoms with Crippen LogP contribution in [0.2, 0.25) is 5.02 Å². The second-order valence-electron chi connectivity index (χ2n) is 5.48. The number of hydrogen-bond acceptors (Lipinski definition) is 3. The smallest absolute Gasteiger partial charge is 0.321 e. The summed E-state index contributed by atoms with van der Waals surface area (Å²) in [6.07, 6.45) is 0.292. The van der Waals surface area contributed by atoms with E-state index >= 15 is 0 Å². The quantitative estimate of drug-likeness (QED) is 0.920. The molecule has 3 amide bonds. The topological polar surface area (TPSA) is 61.9 Å². The molecule has 2 rings (SSSR count). The number of amides is 3. The van der Waals surface area contributed by atoms with Gasteiger partial charge in [0.2, 0.25) is 0 Å². The van der Waals surface area contributed by atoms with Crippen molar-refractivity contribution in [2.24, 2.45) is 0 Å². The van der Waals surface area contributed by atoms with E-state index < -0.39 is 6.10 Å². The molecule has 1 aromatic rings. The fourth-order valence-corrected chi connectivity index (χ4v) is 2.56. The molecule has 23 heavy (non-hydrogen) atoms. The average molecular weight is 340 g/mol. The van der Waals surface area contributed by atoms with Crippen LogP contribution in [0, 0.1) is 0 Å². The molecule has 1 aromatic carbocycles. The number of halogens is 1. The Morgan fingerprint density at radius 1 is 1.13 bits per heavy atom. The molecule has 1 fully saturated rings. The van der Waals surface area contributed by atoms with Crippen molar-refractivity contribution >= 4 is 29.2 Å². The number of benzene rings is 1. The maximum atomic E-state index is 12.3. The molecule has 7 heteroatoms. The van der Waals surface area contributed by atoms with Crippen LogP contribution < -0.4 is 5.32 Å². The number of urea groups is 1. The molecule has 1 N–H and O–H groups in total. The summed E-state index contributed by atoms with van der Waals surface area (Å²) in [6.45, 7) is 4.00. The number of nitrogens with one attached hydrogen (secondary N) is 1. The lowest BCUT2D eigenvalue weighted by Gasteiger charge is -2.24. The first kappa shape index (κ1) is 17.6. The Labute approximate surface area is 141 Å². The van der Waals surface area contributed by atoms with Crippen LogP contribution in [0.25, 0.3) is 0 Å². The zero-order chi connectivity index (χ0) is 16.8. The molecule has 0 radical (unpaired) electrons. The molecule has 126 valence electrons. The maximum Gasteiger partial charge on any atom is 0.321 e. The maximum absolute atomic E-state index is 12.3. The number of ether oxygens (including phenoxy) is 1. The highest BCUT2D eigenvalue weighted by atomic mass is 35.5. The number of hydrogen-bond donors (Lipinski definition) is 1. The van der Waals surface area contributed by atoms with Crippen LogP contribution in [0.5, 0.6) is 0 Å². The van der Waals surface area contributed by atoms with Gasteiger partial charge in [0, 0.05) is 44.0 Å². The van der Waals surface area contributed by atoms with Gasteiger partial charge in [0.25, 0.3) is 5.91 Å². The third-order valence-electron chi connectivity index (χ3n) is 3.89. The molecule has 1 saturated heterocycles. The fraction of sp³-hybridized carbons (Fsp3) is 0.500. The number of carbonyl (C=O) groups is 2. The van der Waals surface area contributed by atoms with E-state index in [2.05, 4.69) is 5.32 Å². The molecular formula is C16H22ClN3O3. The van der Waals surface area contributed by atoms with E-state index in [1.54, 1.807) is 41.0 Å². The van der Waals surface area contributed by atoms with E-state index in [4.69, 9.17) is 16.3 Å². The first-order chi connectivity index (χ1) is 11.0. The second kappa shape index (κ2) is 8.17. The van der Waals surface area contributed by atoms with Crippen molar-refractivity contribution in [3.8, 4) is 0 Å². The van der Waals surface area contributed by atoms with Gasteiger partial charge in [0.1, 0.15) is 6.10 Å². The summed E-state index contributed by atoms with van der Waals surface area (Å²) in [6, 6.07) is 6.81. The molecule has 0 spiro atoms. The molecule has 1 atom stereocenters. The highest BCUT2D eigenvalue weighted by molar-refractivity contribution is 6.30. The summed E-state index contributed by atoms with van der Waals surface area (Å²) in [7, 11) is 1.52. The molecule has 0 aliphatic carbocycles. The van der Waals surface area contributed by atoms with Crippen molar-refractivity contribution in [2.75, 3.05) is 38.6 Å². The molecule has 1 heterocycles. The summed E-state index contributed by atoms with van der Waals surface area (Å²) >= 11 is 5.83. The summed E-state index contributed by atoms with van der Waals surface area (Å²) in [4.78, 5) is 28.0. The third-order valence-corrected chi connectivity index (χ3v) is 4.14. The van der Waals surface area contributed by atoms with Crippen LogP contribution >= 0.6 is 11.6 Å². The fourth-order valence-electron chi connectivity index (χ4n) is 2.43. The van der Waals surface area contributed by atoms with Gasteiger partial charge in [-0.2, -0.15) is 0 Å². The van der Waals surface area contributed by atoms with Gasteiger partial charge in [-0.15, -0.1) is 0 Å². The van der Waals surface area contributed by atoms with Crippen LogP contribution in [0.15, 0.2) is 24.3 Å². The van der Waals surface area contributed by atoms with Gasteiger partial charge in [0.15, 0.2) is 0 Å². The minimum Gasteiger partial charge on any atom is -0.372 e. The predicted molar refractivity (Wildman–Crippen MR) is 89.7 cm³/mol. The van der Waals surface area contributed by atoms with Crippen LogP contribution in [-0.4, -0.2) is 61.1 Å². The average Bonchev–Trinajstić information content (AvgIpc) is 2.81. The number of nitrogens with zero attached hydrogens (tertiary/aromatic N) is 2. The molecule has 6 nitrogen and oxygen atoms in total. The lowest BCUT2D eigenvalue weighted by Crippen LogP contribution is -2.42. The summed E-state index contributed by atoms with van der Waals surface area (Å²) < 4.78 is 5.07. The number of methoxy groups -OCH3 is 1. The van der Waals surface area contributed by atoms with Gasteiger partial charge >= 0.3 is 6.03 Å². The monoisotopic (exact) mass is 339 g/mol. The van der Waals surface area contributed by atoms with Gasteiger partial charge in [-0.05, 0) is 37.6 Å². The summed E-state index contributed by atoms with van der Waals surface area (Å²) in [5.74, 6) is -0.0348. The Morgan fingerprint density at radius 3 is 2.39 bits per heavy atom. The van der Waals surface area contributed by atoms with Crippen LogP contribution in [-0.2, 0) is 9.53 Å². The molecular weight excluding hydrogens is 318 g/mol. The molecule has 0 saturated carbocycles. The van der Waals surface area contributed by atoms with Gasteiger partial charge in [-0.25, -0.2) is 4.79 Å². The Hall–Kier alpha value is -1.79. The van der Waals surface area contributed by atoms with E-state index in [0.29, 0.717) is 36.9 Å². The number of anilines is 1. The lowest BCUT2D eigenvalue weighted by molar-refractivity contribution is -0.140. The van der Waals surface area contributed by atoms with Gasteiger partial charge in [-0.3, -0.25) is 4.79 Å². The highest BCUT2D eigenvalue weighted by Gasteiger charge is 2.24. The third kappa shape index (κ3) is 4.84. The molecule has 0 bridgehead atoms. The molecule has 1 aliphatic heterocycles. The molecule has 1 aliphatic rings. The number of carbonyl (C=O) groups excluding carboxylic acids is 2. The van der Waals surface area contributed by atoms with Crippen LogP contribution in [0.1, 0.15) is 13.3 Å². The van der Waals surface area contributed by atoms with E-state index in [9.17, 15) is 9.59 Å². The van der Waals surface area contributed by atoms with Crippen molar-refractivity contribution in [3.05, 3.63) is 29.3 Å². The van der Waals surface area contributed by atoms with E-state index in [1.165, 1.54) is 7.11 Å². The summed E-state index contributed by atoms with van der Waals surface area (Å²) in [5, 5.41) is 3.47. The van der Waals surface area contributed by atoms with E-state index in [1.807, 2.05) is 0 Å². The van der Waals surface area contributed by atoms with Crippen molar-refractivity contribution < 1.29 is 14.3 Å². The zero-order valence-electron chi connectivity index (χ0n) is 13.4. The van der Waals surface area contributed by atoms with E-state index in [0.717, 1.165) is 6.42 Å². The SMILES string of the molecule is CO[C@@H](C)C(=O)N1CCCN(C(=O)Nc2ccc(Cl)cc2)CC1. The highest BCUT2D eigenvalue weighted by Crippen LogP contribution is 2.14. The first-order valence-electron chi connectivity index (χ1n) is 7.64. The van der Waals surface area contributed by atoms with Crippen molar-refractivity contribution in [2.45, 2.75) is 19.4 Å². The first-order valence-corrected chi connectivity index (χ1v) is 8.02. The van der Waals surface area contributed by atoms with Crippen molar-refractivity contribution in [1.29, 1.82) is 0 Å². The standard InChI is InChI=1S/C16H22ClN3O3/c1-12(23-2)15(21)19-8-3-9-20(11-10-19)16(22)18-14-6-4-13(17)5-7-14/h4-7,12H,3,8-11H2,1-2H3,(H,18,22)/t12-/m0/s1. The van der Waals surface area contributed by atoms with Crippen LogP contribution in [0.4, 0.5) is 10.5 Å². The normalized spacial score (nSPS) is 16.7. The largest absolute Gasteiger partial charge is 0.372 e. The van der Waals surface area contributed by atoms with Gasteiger partial charge < -0.3 is 19.9 Å². The predicted octanol–water partition coefficient (Wildman–Crippen LogP) is 2.44. The summed E-state index contributed by atoms with van der Waals surface area (Å²) in [5.41, 5.74) is 0.699. The molecule has 0 unspecified atom stereocenters. The Balaban J connectivity index is 1.90. The lowest BCUT2D eigenvalue weighted by atomic mass is 10.3. The van der Waals surface area contributed by atoms with Crippen LogP contribution in [0.3, 0.4) is 0 Å². The number of rotatable bonds is 3. The Bertz CT molecular complexity index is 550. The Morgan fingerprint density at radius 2 is 1.74 bits per heavy atom. The van der Waals surface area contributed by atoms with Crippen molar-refractivity contribution in [1.82, 2.24) is 9.80 Å². The second-order valence-corrected chi connectivity index (χ2v) is 5.92. The zero-order valence-corrected chi connectivity index (χ0v) is 14.2. The van der Waals surface area contributed by atoms with Crippen molar-refractivity contribution in [3.63, 3.8) is 0 Å². The molecule has 0 aromatic heterocycles. The van der Waals surface area contributed by atoms with Gasteiger partial charge in [0.05, 0.1) is 0 Å². The minimum atomic E-state index is -0.454. The van der Waals surface area contributed by atoms with Gasteiger partial charge in [-0.1, -0.05) is 11.6 Å².